The highest BCUT2D eigenvalue weighted by Crippen LogP contribution is 2.16. The molecular weight excluding hydrogens is 296 g/mol. The van der Waals surface area contributed by atoms with Crippen LogP contribution in [0.4, 0.5) is 6.01 Å². The number of benzene rings is 1. The van der Waals surface area contributed by atoms with E-state index in [1.54, 1.807) is 18.3 Å². The molecule has 7 nitrogen and oxygen atoms in total. The van der Waals surface area contributed by atoms with Crippen LogP contribution in [0.15, 0.2) is 59.1 Å². The van der Waals surface area contributed by atoms with E-state index >= 15 is 0 Å². The largest absolute Gasteiger partial charge is 0.493 e. The summed E-state index contributed by atoms with van der Waals surface area (Å²) in [7, 11) is 0. The number of hydrogen-bond donors (Lipinski definition) is 1. The number of carbonyl (C=O) groups excluding carboxylic acids is 1. The van der Waals surface area contributed by atoms with Crippen LogP contribution in [0.1, 0.15) is 6.42 Å². The smallest absolute Gasteiger partial charge is 0.322 e. The average molecular weight is 310 g/mol. The van der Waals surface area contributed by atoms with E-state index in [1.807, 2.05) is 36.4 Å². The molecule has 1 amide bonds. The Morgan fingerprint density at radius 1 is 1.09 bits per heavy atom. The fraction of sp³-hybridized carbons (Fsp3) is 0.125. The number of nitrogens with zero attached hydrogens (tertiary/aromatic N) is 3. The summed E-state index contributed by atoms with van der Waals surface area (Å²) in [5.41, 5.74) is 0.549. The van der Waals surface area contributed by atoms with Crippen molar-refractivity contribution in [1.82, 2.24) is 15.2 Å². The Balaban J connectivity index is 1.49. The maximum absolute atomic E-state index is 11.8. The first kappa shape index (κ1) is 14.7. The lowest BCUT2D eigenvalue weighted by Crippen LogP contribution is -2.15. The van der Waals surface area contributed by atoms with E-state index < -0.39 is 0 Å². The van der Waals surface area contributed by atoms with Crippen LogP contribution < -0.4 is 10.1 Å². The molecule has 2 heterocycles. The van der Waals surface area contributed by atoms with Crippen LogP contribution in [-0.2, 0) is 4.79 Å². The molecule has 7 heteroatoms. The van der Waals surface area contributed by atoms with Crippen molar-refractivity contribution in [1.29, 1.82) is 0 Å². The molecule has 0 unspecified atom stereocenters. The number of aromatic nitrogens is 3. The van der Waals surface area contributed by atoms with Crippen LogP contribution in [0.5, 0.6) is 5.75 Å². The van der Waals surface area contributed by atoms with E-state index in [9.17, 15) is 4.79 Å². The van der Waals surface area contributed by atoms with Crippen LogP contribution in [0.25, 0.3) is 11.6 Å². The van der Waals surface area contributed by atoms with Crippen molar-refractivity contribution in [3.05, 3.63) is 54.7 Å². The molecule has 3 rings (SSSR count). The van der Waals surface area contributed by atoms with Gasteiger partial charge < -0.3 is 9.15 Å². The van der Waals surface area contributed by atoms with Gasteiger partial charge in [-0.3, -0.25) is 15.1 Å². The lowest BCUT2D eigenvalue weighted by molar-refractivity contribution is -0.116. The van der Waals surface area contributed by atoms with Crippen LogP contribution in [0, 0.1) is 0 Å². The molecule has 0 spiro atoms. The Labute approximate surface area is 132 Å². The molecule has 0 radical (unpaired) electrons. The van der Waals surface area contributed by atoms with Crippen molar-refractivity contribution in [2.24, 2.45) is 0 Å². The topological polar surface area (TPSA) is 90.1 Å². The first-order valence-electron chi connectivity index (χ1n) is 7.04. The molecule has 0 aliphatic heterocycles. The Kier molecular flexibility index (Phi) is 4.58. The molecule has 0 bridgehead atoms. The Bertz CT molecular complexity index is 759. The summed E-state index contributed by atoms with van der Waals surface area (Å²) >= 11 is 0. The second kappa shape index (κ2) is 7.17. The summed E-state index contributed by atoms with van der Waals surface area (Å²) in [5.74, 6) is 0.703. The molecule has 116 valence electrons. The van der Waals surface area contributed by atoms with Crippen molar-refractivity contribution in [3.8, 4) is 17.3 Å². The van der Waals surface area contributed by atoms with E-state index in [4.69, 9.17) is 9.15 Å². The van der Waals surface area contributed by atoms with Gasteiger partial charge >= 0.3 is 6.01 Å². The highest BCUT2D eigenvalue weighted by Gasteiger charge is 2.11. The van der Waals surface area contributed by atoms with Gasteiger partial charge in [-0.25, -0.2) is 0 Å². The lowest BCUT2D eigenvalue weighted by Gasteiger charge is -2.04. The molecule has 0 aliphatic rings. The maximum Gasteiger partial charge on any atom is 0.322 e. The van der Waals surface area contributed by atoms with Gasteiger partial charge in [-0.15, -0.1) is 5.10 Å². The molecule has 0 fully saturated rings. The van der Waals surface area contributed by atoms with Crippen molar-refractivity contribution in [2.45, 2.75) is 6.42 Å². The third kappa shape index (κ3) is 4.13. The summed E-state index contributed by atoms with van der Waals surface area (Å²) in [4.78, 5) is 15.9. The number of ether oxygens (including phenoxy) is 1. The third-order valence-electron chi connectivity index (χ3n) is 2.90. The number of hydrogen-bond acceptors (Lipinski definition) is 6. The zero-order valence-corrected chi connectivity index (χ0v) is 12.2. The Morgan fingerprint density at radius 2 is 1.91 bits per heavy atom. The minimum absolute atomic E-state index is 0.0374. The van der Waals surface area contributed by atoms with E-state index in [1.165, 1.54) is 0 Å². The number of para-hydroxylation sites is 1. The van der Waals surface area contributed by atoms with Crippen LogP contribution in [0.2, 0.25) is 0 Å². The monoisotopic (exact) mass is 310 g/mol. The van der Waals surface area contributed by atoms with Gasteiger partial charge in [0.05, 0.1) is 13.0 Å². The average Bonchev–Trinajstić information content (AvgIpc) is 3.05. The van der Waals surface area contributed by atoms with Gasteiger partial charge in [-0.05, 0) is 24.3 Å². The van der Waals surface area contributed by atoms with Gasteiger partial charge in [0.1, 0.15) is 11.4 Å². The molecule has 23 heavy (non-hydrogen) atoms. The second-order valence-electron chi connectivity index (χ2n) is 4.59. The molecule has 1 N–H and O–H groups in total. The first-order chi connectivity index (χ1) is 11.3. The van der Waals surface area contributed by atoms with Crippen molar-refractivity contribution >= 4 is 11.9 Å². The van der Waals surface area contributed by atoms with Gasteiger partial charge in [0.15, 0.2) is 0 Å². The number of carbonyl (C=O) groups is 1. The second-order valence-corrected chi connectivity index (χ2v) is 4.59. The molecule has 2 aromatic heterocycles. The number of rotatable bonds is 6. The molecule has 0 saturated carbocycles. The van der Waals surface area contributed by atoms with Crippen LogP contribution in [-0.4, -0.2) is 27.7 Å². The van der Waals surface area contributed by atoms with Gasteiger partial charge in [0.2, 0.25) is 5.91 Å². The normalized spacial score (nSPS) is 10.3. The summed E-state index contributed by atoms with van der Waals surface area (Å²) in [6, 6.07) is 14.7. The SMILES string of the molecule is O=C(CCOc1ccccc1)Nc1nnc(-c2ccccn2)o1. The number of anilines is 1. The molecule has 0 atom stereocenters. The summed E-state index contributed by atoms with van der Waals surface area (Å²) in [5, 5.41) is 10.1. The van der Waals surface area contributed by atoms with E-state index in [-0.39, 0.29) is 30.8 Å². The van der Waals surface area contributed by atoms with Crippen molar-refractivity contribution in [3.63, 3.8) is 0 Å². The first-order valence-corrected chi connectivity index (χ1v) is 7.04. The van der Waals surface area contributed by atoms with E-state index in [0.29, 0.717) is 5.69 Å². The van der Waals surface area contributed by atoms with E-state index in [0.717, 1.165) is 5.75 Å². The molecule has 3 aromatic rings. The van der Waals surface area contributed by atoms with Gasteiger partial charge in [0, 0.05) is 6.20 Å². The van der Waals surface area contributed by atoms with Gasteiger partial charge in [-0.1, -0.05) is 29.4 Å². The third-order valence-corrected chi connectivity index (χ3v) is 2.90. The Hall–Kier alpha value is -3.22. The maximum atomic E-state index is 11.8. The van der Waals surface area contributed by atoms with E-state index in [2.05, 4.69) is 20.5 Å². The zero-order chi connectivity index (χ0) is 15.9. The minimum atomic E-state index is -0.267. The minimum Gasteiger partial charge on any atom is -0.493 e. The quantitative estimate of drug-likeness (QED) is 0.752. The Morgan fingerprint density at radius 3 is 2.70 bits per heavy atom. The predicted octanol–water partition coefficient (Wildman–Crippen LogP) is 2.54. The van der Waals surface area contributed by atoms with Gasteiger partial charge in [0.25, 0.3) is 5.89 Å². The predicted molar refractivity (Wildman–Crippen MR) is 82.7 cm³/mol. The van der Waals surface area contributed by atoms with Crippen molar-refractivity contribution in [2.75, 3.05) is 11.9 Å². The van der Waals surface area contributed by atoms with Crippen molar-refractivity contribution < 1.29 is 13.9 Å². The van der Waals surface area contributed by atoms with Crippen LogP contribution in [0.3, 0.4) is 0 Å². The fourth-order valence-corrected chi connectivity index (χ4v) is 1.83. The van der Waals surface area contributed by atoms with Gasteiger partial charge in [-0.2, -0.15) is 0 Å². The van der Waals surface area contributed by atoms with Crippen LogP contribution >= 0.6 is 0 Å². The molecular formula is C16H14N4O3. The molecule has 1 aromatic carbocycles. The fourth-order valence-electron chi connectivity index (χ4n) is 1.83. The number of nitrogens with one attached hydrogen (secondary N) is 1. The summed E-state index contributed by atoms with van der Waals surface area (Å²) < 4.78 is 10.8. The number of amides is 1. The summed E-state index contributed by atoms with van der Waals surface area (Å²) in [6.07, 6.45) is 1.80. The highest BCUT2D eigenvalue weighted by atomic mass is 16.5. The molecule has 0 saturated heterocycles. The zero-order valence-electron chi connectivity index (χ0n) is 12.2. The lowest BCUT2D eigenvalue weighted by atomic mass is 10.3. The standard InChI is InChI=1S/C16H14N4O3/c21-14(9-11-22-12-6-2-1-3-7-12)18-16-20-19-15(23-16)13-8-4-5-10-17-13/h1-8,10H,9,11H2,(H,18,20,21). The summed E-state index contributed by atoms with van der Waals surface area (Å²) in [6.45, 7) is 0.261. The number of pyridine rings is 1. The molecule has 0 aliphatic carbocycles. The highest BCUT2D eigenvalue weighted by molar-refractivity contribution is 5.88.